The first-order chi connectivity index (χ1) is 14.2. The minimum Gasteiger partial charge on any atom is -0.486 e. The van der Waals surface area contributed by atoms with Gasteiger partial charge in [0.1, 0.15) is 18.9 Å². The van der Waals surface area contributed by atoms with Gasteiger partial charge in [-0.25, -0.2) is 4.98 Å². The lowest BCUT2D eigenvalue weighted by atomic mass is 10.0. The van der Waals surface area contributed by atoms with Gasteiger partial charge in [0.05, 0.1) is 18.7 Å². The largest absolute Gasteiger partial charge is 0.486 e. The van der Waals surface area contributed by atoms with Crippen LogP contribution in [-0.4, -0.2) is 63.8 Å². The summed E-state index contributed by atoms with van der Waals surface area (Å²) in [7, 11) is 0. The molecule has 0 saturated carbocycles. The maximum absolute atomic E-state index is 12.3. The molecule has 1 aromatic carbocycles. The van der Waals surface area contributed by atoms with E-state index >= 15 is 0 Å². The van der Waals surface area contributed by atoms with Gasteiger partial charge < -0.3 is 19.3 Å². The predicted octanol–water partition coefficient (Wildman–Crippen LogP) is 1.34. The van der Waals surface area contributed by atoms with Gasteiger partial charge in [-0.2, -0.15) is 4.98 Å². The van der Waals surface area contributed by atoms with E-state index in [1.54, 1.807) is 36.8 Å². The van der Waals surface area contributed by atoms with E-state index in [2.05, 4.69) is 25.4 Å². The highest BCUT2D eigenvalue weighted by molar-refractivity contribution is 5.92. The summed E-state index contributed by atoms with van der Waals surface area (Å²) >= 11 is 0. The highest BCUT2D eigenvalue weighted by Crippen LogP contribution is 2.32. The molecule has 10 nitrogen and oxygen atoms in total. The molecule has 1 fully saturated rings. The number of hydrogen-bond donors (Lipinski definition) is 1. The number of nitrogens with zero attached hydrogens (tertiary/aromatic N) is 5. The highest BCUT2D eigenvalue weighted by Gasteiger charge is 2.33. The first-order valence-corrected chi connectivity index (χ1v) is 9.26. The number of benzene rings is 1. The standard InChI is InChI=1S/C19H18N6O4/c26-17(22-13-1-2-15-16(7-13)28-6-5-27-15)11-25-9-12(10-25)19-23-18(24-29-19)14-8-20-3-4-21-14/h1-4,7-8,12H,5-6,9-11H2,(H,22,26). The second-order valence-electron chi connectivity index (χ2n) is 6.84. The van der Waals surface area contributed by atoms with Crippen LogP contribution in [0.15, 0.2) is 41.3 Å². The molecule has 2 aromatic heterocycles. The molecule has 1 amide bonds. The van der Waals surface area contributed by atoms with Gasteiger partial charge in [-0.05, 0) is 12.1 Å². The van der Waals surface area contributed by atoms with Crippen molar-refractivity contribution in [3.05, 3.63) is 42.7 Å². The van der Waals surface area contributed by atoms with Gasteiger partial charge in [-0.1, -0.05) is 5.16 Å². The molecule has 0 aliphatic carbocycles. The number of fused-ring (bicyclic) bond motifs is 1. The molecule has 0 radical (unpaired) electrons. The van der Waals surface area contributed by atoms with Crippen LogP contribution in [0.5, 0.6) is 11.5 Å². The molecule has 1 N–H and O–H groups in total. The number of nitrogens with one attached hydrogen (secondary N) is 1. The van der Waals surface area contributed by atoms with Gasteiger partial charge in [0.25, 0.3) is 0 Å². The fourth-order valence-electron chi connectivity index (χ4n) is 3.30. The summed E-state index contributed by atoms with van der Waals surface area (Å²) in [5.41, 5.74) is 1.25. The minimum atomic E-state index is -0.0918. The number of hydrogen-bond acceptors (Lipinski definition) is 9. The van der Waals surface area contributed by atoms with Crippen LogP contribution in [0.25, 0.3) is 11.5 Å². The minimum absolute atomic E-state index is 0.0918. The Labute approximate surface area is 165 Å². The van der Waals surface area contributed by atoms with Gasteiger partial charge in [0.2, 0.25) is 17.6 Å². The van der Waals surface area contributed by atoms with E-state index in [4.69, 9.17) is 14.0 Å². The fourth-order valence-corrected chi connectivity index (χ4v) is 3.30. The molecule has 10 heteroatoms. The van der Waals surface area contributed by atoms with Gasteiger partial charge >= 0.3 is 0 Å². The van der Waals surface area contributed by atoms with Crippen molar-refractivity contribution in [1.82, 2.24) is 25.0 Å². The Morgan fingerprint density at radius 3 is 2.86 bits per heavy atom. The van der Waals surface area contributed by atoms with E-state index < -0.39 is 0 Å². The van der Waals surface area contributed by atoms with Gasteiger partial charge in [-0.15, -0.1) is 0 Å². The molecule has 2 aliphatic rings. The number of carbonyl (C=O) groups excluding carboxylic acids is 1. The molecule has 0 unspecified atom stereocenters. The average molecular weight is 394 g/mol. The van der Waals surface area contributed by atoms with E-state index in [0.29, 0.717) is 60.9 Å². The monoisotopic (exact) mass is 394 g/mol. The number of anilines is 1. The van der Waals surface area contributed by atoms with Crippen LogP contribution in [0.4, 0.5) is 5.69 Å². The zero-order valence-corrected chi connectivity index (χ0v) is 15.4. The Bertz CT molecular complexity index is 1020. The van der Waals surface area contributed by atoms with Crippen LogP contribution in [0.1, 0.15) is 11.8 Å². The normalized spacial score (nSPS) is 16.3. The van der Waals surface area contributed by atoms with Crippen molar-refractivity contribution in [2.75, 3.05) is 38.2 Å². The quantitative estimate of drug-likeness (QED) is 0.684. The zero-order valence-electron chi connectivity index (χ0n) is 15.4. The summed E-state index contributed by atoms with van der Waals surface area (Å²) in [4.78, 5) is 26.9. The number of carbonyl (C=O) groups is 1. The molecule has 0 atom stereocenters. The maximum atomic E-state index is 12.3. The van der Waals surface area contributed by atoms with Gasteiger partial charge in [-0.3, -0.25) is 14.7 Å². The van der Waals surface area contributed by atoms with E-state index in [0.717, 1.165) is 0 Å². The molecule has 148 valence electrons. The highest BCUT2D eigenvalue weighted by atomic mass is 16.6. The summed E-state index contributed by atoms with van der Waals surface area (Å²) in [5.74, 6) is 2.33. The third-order valence-corrected chi connectivity index (χ3v) is 4.73. The van der Waals surface area contributed by atoms with Crippen LogP contribution >= 0.6 is 0 Å². The van der Waals surface area contributed by atoms with Crippen molar-refractivity contribution in [1.29, 1.82) is 0 Å². The van der Waals surface area contributed by atoms with Gasteiger partial charge in [0, 0.05) is 37.2 Å². The van der Waals surface area contributed by atoms with Crippen molar-refractivity contribution >= 4 is 11.6 Å². The smallest absolute Gasteiger partial charge is 0.238 e. The first kappa shape index (κ1) is 17.6. The Morgan fingerprint density at radius 1 is 1.17 bits per heavy atom. The van der Waals surface area contributed by atoms with Crippen LogP contribution in [0, 0.1) is 0 Å². The molecule has 0 bridgehead atoms. The maximum Gasteiger partial charge on any atom is 0.238 e. The summed E-state index contributed by atoms with van der Waals surface area (Å²) < 4.78 is 16.4. The second kappa shape index (κ2) is 7.47. The number of rotatable bonds is 5. The lowest BCUT2D eigenvalue weighted by molar-refractivity contribution is -0.118. The Kier molecular flexibility index (Phi) is 4.53. The molecular formula is C19H18N6O4. The lowest BCUT2D eigenvalue weighted by Crippen LogP contribution is -2.48. The topological polar surface area (TPSA) is 116 Å². The number of amides is 1. The summed E-state index contributed by atoms with van der Waals surface area (Å²) in [6, 6.07) is 5.38. The van der Waals surface area contributed by atoms with E-state index in [1.807, 2.05) is 4.90 Å². The summed E-state index contributed by atoms with van der Waals surface area (Å²) in [6.07, 6.45) is 4.75. The van der Waals surface area contributed by atoms with Crippen molar-refractivity contribution in [3.63, 3.8) is 0 Å². The van der Waals surface area contributed by atoms with Crippen LogP contribution in [0.2, 0.25) is 0 Å². The number of aromatic nitrogens is 4. The van der Waals surface area contributed by atoms with Crippen LogP contribution in [-0.2, 0) is 4.79 Å². The summed E-state index contributed by atoms with van der Waals surface area (Å²) in [5, 5.41) is 6.85. The Morgan fingerprint density at radius 2 is 2.03 bits per heavy atom. The Hall–Kier alpha value is -3.53. The van der Waals surface area contributed by atoms with Crippen LogP contribution < -0.4 is 14.8 Å². The van der Waals surface area contributed by atoms with Crippen LogP contribution in [0.3, 0.4) is 0 Å². The number of likely N-dealkylation sites (tertiary alicyclic amines) is 1. The van der Waals surface area contributed by atoms with Gasteiger partial charge in [0.15, 0.2) is 11.5 Å². The van der Waals surface area contributed by atoms with Crippen molar-refractivity contribution in [2.24, 2.45) is 0 Å². The molecule has 29 heavy (non-hydrogen) atoms. The molecule has 1 saturated heterocycles. The van der Waals surface area contributed by atoms with E-state index in [9.17, 15) is 4.79 Å². The molecule has 0 spiro atoms. The molecule has 5 rings (SSSR count). The third-order valence-electron chi connectivity index (χ3n) is 4.73. The molecule has 3 aromatic rings. The van der Waals surface area contributed by atoms with E-state index in [-0.39, 0.29) is 18.4 Å². The second-order valence-corrected chi connectivity index (χ2v) is 6.84. The first-order valence-electron chi connectivity index (χ1n) is 9.26. The number of ether oxygens (including phenoxy) is 2. The molecular weight excluding hydrogens is 376 g/mol. The van der Waals surface area contributed by atoms with Crippen molar-refractivity contribution in [3.8, 4) is 23.0 Å². The SMILES string of the molecule is O=C(CN1CC(c2nc(-c3cnccn3)no2)C1)Nc1ccc2c(c1)OCCO2. The zero-order chi connectivity index (χ0) is 19.6. The predicted molar refractivity (Wildman–Crippen MR) is 101 cm³/mol. The third kappa shape index (κ3) is 3.74. The van der Waals surface area contributed by atoms with Crippen molar-refractivity contribution < 1.29 is 18.8 Å². The molecule has 2 aliphatic heterocycles. The van der Waals surface area contributed by atoms with Crippen molar-refractivity contribution in [2.45, 2.75) is 5.92 Å². The Balaban J connectivity index is 1.13. The molecule has 4 heterocycles. The fraction of sp³-hybridized carbons (Fsp3) is 0.316. The van der Waals surface area contributed by atoms with E-state index in [1.165, 1.54) is 0 Å². The summed E-state index contributed by atoms with van der Waals surface area (Å²) in [6.45, 7) is 2.69. The average Bonchev–Trinajstić information content (AvgIpc) is 3.20. The lowest BCUT2D eigenvalue weighted by Gasteiger charge is -2.36.